The Bertz CT molecular complexity index is 779. The second-order valence-corrected chi connectivity index (χ2v) is 5.20. The Hall–Kier alpha value is -2.67. The van der Waals surface area contributed by atoms with Crippen molar-refractivity contribution in [2.45, 2.75) is 6.42 Å². The van der Waals surface area contributed by atoms with E-state index in [9.17, 15) is 9.18 Å². The number of hydrogen-bond donors (Lipinski definition) is 2. The summed E-state index contributed by atoms with van der Waals surface area (Å²) in [5.74, 6) is -0.709. The minimum absolute atomic E-state index is 0.0846. The van der Waals surface area contributed by atoms with Gasteiger partial charge >= 0.3 is 0 Å². The molecule has 0 unspecified atom stereocenters. The van der Waals surface area contributed by atoms with Gasteiger partial charge in [-0.15, -0.1) is 0 Å². The van der Waals surface area contributed by atoms with Crippen molar-refractivity contribution < 1.29 is 23.8 Å². The molecular formula is C17H17FN2O4. The van der Waals surface area contributed by atoms with Gasteiger partial charge in [0.25, 0.3) is 11.8 Å². The highest BCUT2D eigenvalue weighted by molar-refractivity contribution is 6.00. The molecule has 0 saturated carbocycles. The van der Waals surface area contributed by atoms with E-state index in [4.69, 9.17) is 14.6 Å². The highest BCUT2D eigenvalue weighted by Crippen LogP contribution is 2.36. The zero-order valence-corrected chi connectivity index (χ0v) is 13.1. The van der Waals surface area contributed by atoms with Gasteiger partial charge in [-0.25, -0.2) is 9.37 Å². The van der Waals surface area contributed by atoms with Crippen LogP contribution in [0.4, 0.5) is 4.39 Å². The molecule has 1 aliphatic rings. The van der Waals surface area contributed by atoms with Crippen LogP contribution in [0.3, 0.4) is 0 Å². The van der Waals surface area contributed by atoms with Crippen LogP contribution >= 0.6 is 0 Å². The third kappa shape index (κ3) is 2.90. The van der Waals surface area contributed by atoms with Gasteiger partial charge in [-0.1, -0.05) is 12.1 Å². The maximum Gasteiger partial charge on any atom is 0.253 e. The molecule has 126 valence electrons. The largest absolute Gasteiger partial charge is 0.493 e. The van der Waals surface area contributed by atoms with Gasteiger partial charge in [-0.3, -0.25) is 4.79 Å². The summed E-state index contributed by atoms with van der Waals surface area (Å²) in [7, 11) is 1.47. The molecule has 6 nitrogen and oxygen atoms in total. The van der Waals surface area contributed by atoms with Crippen LogP contribution in [0.1, 0.15) is 15.9 Å². The maximum atomic E-state index is 14.2. The van der Waals surface area contributed by atoms with Crippen molar-refractivity contribution in [1.29, 1.82) is 0 Å². The Morgan fingerprint density at radius 1 is 1.50 bits per heavy atom. The van der Waals surface area contributed by atoms with Crippen LogP contribution in [-0.2, 0) is 6.42 Å². The van der Waals surface area contributed by atoms with E-state index in [0.29, 0.717) is 24.3 Å². The number of hydrogen-bond acceptors (Lipinski definition) is 5. The number of nitrogens with zero attached hydrogens (tertiary/aromatic N) is 1. The number of aromatic nitrogens is 1. The summed E-state index contributed by atoms with van der Waals surface area (Å²) in [5.41, 5.74) is 2.07. The third-order valence-electron chi connectivity index (χ3n) is 3.74. The smallest absolute Gasteiger partial charge is 0.253 e. The number of nitrogens with one attached hydrogen (secondary N) is 1. The predicted octanol–water partition coefficient (Wildman–Crippen LogP) is 1.55. The van der Waals surface area contributed by atoms with E-state index in [-0.39, 0.29) is 24.7 Å². The molecule has 0 bridgehead atoms. The van der Waals surface area contributed by atoms with Crippen LogP contribution in [-0.4, -0.2) is 42.9 Å². The Balaban J connectivity index is 2.17. The zero-order valence-electron chi connectivity index (χ0n) is 13.1. The van der Waals surface area contributed by atoms with Crippen molar-refractivity contribution in [3.63, 3.8) is 0 Å². The number of pyridine rings is 1. The lowest BCUT2D eigenvalue weighted by Gasteiger charge is -2.14. The second kappa shape index (κ2) is 6.84. The first-order valence-corrected chi connectivity index (χ1v) is 7.57. The molecule has 24 heavy (non-hydrogen) atoms. The van der Waals surface area contributed by atoms with E-state index in [1.54, 1.807) is 6.07 Å². The monoisotopic (exact) mass is 332 g/mol. The number of ether oxygens (including phenoxy) is 2. The lowest BCUT2D eigenvalue weighted by molar-refractivity contribution is 0.0962. The fraction of sp³-hybridized carbons (Fsp3) is 0.294. The summed E-state index contributed by atoms with van der Waals surface area (Å²) in [5, 5.41) is 11.3. The lowest BCUT2D eigenvalue weighted by Crippen LogP contribution is -2.20. The van der Waals surface area contributed by atoms with E-state index in [1.165, 1.54) is 7.05 Å². The minimum Gasteiger partial charge on any atom is -0.493 e. The molecule has 7 heteroatoms. The Kier molecular flexibility index (Phi) is 4.61. The number of carbonyl (C=O) groups is 1. The van der Waals surface area contributed by atoms with Crippen LogP contribution in [0, 0.1) is 5.82 Å². The predicted molar refractivity (Wildman–Crippen MR) is 84.8 cm³/mol. The topological polar surface area (TPSA) is 80.7 Å². The van der Waals surface area contributed by atoms with Crippen molar-refractivity contribution in [2.24, 2.45) is 0 Å². The Labute approximate surface area is 138 Å². The van der Waals surface area contributed by atoms with Crippen molar-refractivity contribution in [3.8, 4) is 22.9 Å². The third-order valence-corrected chi connectivity index (χ3v) is 3.74. The average molecular weight is 332 g/mol. The van der Waals surface area contributed by atoms with E-state index in [0.717, 1.165) is 17.4 Å². The molecule has 1 aromatic heterocycles. The number of benzene rings is 1. The maximum absolute atomic E-state index is 14.2. The summed E-state index contributed by atoms with van der Waals surface area (Å²) in [6.07, 6.45) is 0.685. The summed E-state index contributed by atoms with van der Waals surface area (Å²) < 4.78 is 24.8. The van der Waals surface area contributed by atoms with E-state index in [2.05, 4.69) is 10.3 Å². The van der Waals surface area contributed by atoms with Crippen molar-refractivity contribution >= 4 is 5.91 Å². The van der Waals surface area contributed by atoms with Crippen LogP contribution in [0.15, 0.2) is 24.3 Å². The highest BCUT2D eigenvalue weighted by Gasteiger charge is 2.24. The van der Waals surface area contributed by atoms with Crippen LogP contribution in [0.5, 0.6) is 11.6 Å². The van der Waals surface area contributed by atoms with Gasteiger partial charge in [-0.2, -0.15) is 0 Å². The normalized spacial score (nSPS) is 12.5. The van der Waals surface area contributed by atoms with Gasteiger partial charge in [0.2, 0.25) is 0 Å². The van der Waals surface area contributed by atoms with Crippen LogP contribution in [0.25, 0.3) is 11.3 Å². The zero-order chi connectivity index (χ0) is 17.1. The fourth-order valence-electron chi connectivity index (χ4n) is 2.67. The molecular weight excluding hydrogens is 315 g/mol. The molecule has 1 amide bonds. The number of aliphatic hydroxyl groups is 1. The Morgan fingerprint density at radius 2 is 2.33 bits per heavy atom. The SMILES string of the molecule is CNC(=O)c1cc(F)c(OCCO)nc1-c1cccc2c1CCO2. The minimum atomic E-state index is -0.755. The molecule has 2 aromatic rings. The molecule has 0 aliphatic carbocycles. The number of rotatable bonds is 5. The summed E-state index contributed by atoms with van der Waals surface area (Å²) >= 11 is 0. The summed E-state index contributed by atoms with van der Waals surface area (Å²) in [4.78, 5) is 16.4. The first-order chi connectivity index (χ1) is 11.7. The Morgan fingerprint density at radius 3 is 3.08 bits per heavy atom. The van der Waals surface area contributed by atoms with E-state index >= 15 is 0 Å². The molecule has 2 heterocycles. The van der Waals surface area contributed by atoms with Gasteiger partial charge in [0.15, 0.2) is 5.82 Å². The van der Waals surface area contributed by atoms with Gasteiger partial charge in [0, 0.05) is 24.6 Å². The van der Waals surface area contributed by atoms with E-state index in [1.807, 2.05) is 12.1 Å². The standard InChI is InChI=1S/C17H17FN2O4/c1-19-16(22)12-9-13(18)17(24-8-6-21)20-15(12)11-3-2-4-14-10(11)5-7-23-14/h2-4,9,21H,5-8H2,1H3,(H,19,22). The lowest BCUT2D eigenvalue weighted by atomic mass is 9.98. The summed E-state index contributed by atoms with van der Waals surface area (Å²) in [6.45, 7) is 0.206. The fourth-order valence-corrected chi connectivity index (χ4v) is 2.67. The number of carbonyl (C=O) groups excluding carboxylic acids is 1. The van der Waals surface area contributed by atoms with Gasteiger partial charge < -0.3 is 19.9 Å². The molecule has 0 fully saturated rings. The molecule has 1 aromatic carbocycles. The van der Waals surface area contributed by atoms with E-state index < -0.39 is 11.7 Å². The van der Waals surface area contributed by atoms with Gasteiger partial charge in [0.1, 0.15) is 12.4 Å². The van der Waals surface area contributed by atoms with Crippen molar-refractivity contribution in [3.05, 3.63) is 41.2 Å². The molecule has 0 atom stereocenters. The molecule has 3 rings (SSSR count). The first kappa shape index (κ1) is 16.2. The molecule has 1 aliphatic heterocycles. The second-order valence-electron chi connectivity index (χ2n) is 5.20. The number of fused-ring (bicyclic) bond motifs is 1. The van der Waals surface area contributed by atoms with Gasteiger partial charge in [-0.05, 0) is 12.1 Å². The average Bonchev–Trinajstić information content (AvgIpc) is 3.08. The molecule has 2 N–H and O–H groups in total. The number of halogens is 1. The van der Waals surface area contributed by atoms with Crippen LogP contribution in [0.2, 0.25) is 0 Å². The van der Waals surface area contributed by atoms with Crippen LogP contribution < -0.4 is 14.8 Å². The van der Waals surface area contributed by atoms with Crippen molar-refractivity contribution in [1.82, 2.24) is 10.3 Å². The summed E-state index contributed by atoms with van der Waals surface area (Å²) in [6, 6.07) is 6.56. The first-order valence-electron chi connectivity index (χ1n) is 7.57. The molecule has 0 saturated heterocycles. The number of aliphatic hydroxyl groups excluding tert-OH is 1. The molecule has 0 spiro atoms. The van der Waals surface area contributed by atoms with Gasteiger partial charge in [0.05, 0.1) is 24.5 Å². The number of amides is 1. The quantitative estimate of drug-likeness (QED) is 0.868. The molecule has 0 radical (unpaired) electrons. The highest BCUT2D eigenvalue weighted by atomic mass is 19.1. The van der Waals surface area contributed by atoms with Crippen molar-refractivity contribution in [2.75, 3.05) is 26.9 Å².